The Labute approximate surface area is 276 Å². The number of rotatable bonds is 25. The number of aliphatic hydroxyl groups excluding tert-OH is 6. The van der Waals surface area contributed by atoms with E-state index in [0.29, 0.717) is 19.6 Å². The number of ether oxygens (including phenoxy) is 8. The number of carbonyl (C=O) groups is 2. The molecule has 0 aromatic carbocycles. The van der Waals surface area contributed by atoms with E-state index >= 15 is 0 Å². The van der Waals surface area contributed by atoms with Gasteiger partial charge in [-0.05, 0) is 6.42 Å². The lowest BCUT2D eigenvalue weighted by molar-refractivity contribution is -0.383. The maximum Gasteiger partial charge on any atom is 0.332 e. The van der Waals surface area contributed by atoms with E-state index in [1.165, 1.54) is 39.2 Å². The summed E-state index contributed by atoms with van der Waals surface area (Å²) in [5, 5.41) is 62.7. The van der Waals surface area contributed by atoms with E-state index in [1.54, 1.807) is 0 Å². The fraction of sp³-hybridized carbons (Fsp3) is 0.935. The van der Waals surface area contributed by atoms with Gasteiger partial charge >= 0.3 is 11.9 Å². The number of esters is 2. The Hall–Kier alpha value is -1.54. The van der Waals surface area contributed by atoms with E-state index in [4.69, 9.17) is 37.9 Å². The molecule has 2 heterocycles. The van der Waals surface area contributed by atoms with Crippen LogP contribution in [0.15, 0.2) is 0 Å². The summed E-state index contributed by atoms with van der Waals surface area (Å²) in [4.78, 5) is 24.3. The maximum atomic E-state index is 12.3. The topological polar surface area (TPSA) is 229 Å². The molecular formula is C31H56O16. The van der Waals surface area contributed by atoms with Crippen molar-refractivity contribution >= 4 is 11.9 Å². The molecule has 0 aliphatic carbocycles. The second-order valence-electron chi connectivity index (χ2n) is 11.8. The normalized spacial score (nSPS) is 30.8. The van der Waals surface area contributed by atoms with Gasteiger partial charge in [0, 0.05) is 13.5 Å². The summed E-state index contributed by atoms with van der Waals surface area (Å²) in [6, 6.07) is 0. The Kier molecular flexibility index (Phi) is 20.3. The van der Waals surface area contributed by atoms with Crippen molar-refractivity contribution < 1.29 is 78.1 Å². The standard InChI is InChI=1S/C31H56O16/c1-3-4-5-6-7-8-9-10-11-12-23(33)43-18-22-26(36)29(39)31(20-32,46-22)47-30-28(38)27(37)25(35)21(45-30)17-44-24(34)19-42-16-15-41-14-13-40-2/h21-22,25-30,32,35-39H,3-20H2,1-2H3/t21-,22-,25-,26-,27+,28-,29+,30-,31+/m1/s1. The van der Waals surface area contributed by atoms with E-state index < -0.39 is 93.2 Å². The number of carbonyl (C=O) groups excluding carboxylic acids is 2. The first-order valence-corrected chi connectivity index (χ1v) is 16.6. The molecule has 0 saturated carbocycles. The van der Waals surface area contributed by atoms with Crippen LogP contribution in [0.4, 0.5) is 0 Å². The average Bonchev–Trinajstić information content (AvgIpc) is 3.30. The van der Waals surface area contributed by atoms with Crippen LogP contribution in [0.3, 0.4) is 0 Å². The molecule has 16 heteroatoms. The van der Waals surface area contributed by atoms with Crippen molar-refractivity contribution in [1.29, 1.82) is 0 Å². The van der Waals surface area contributed by atoms with Crippen LogP contribution in [-0.4, -0.2) is 157 Å². The first-order valence-electron chi connectivity index (χ1n) is 16.6. The summed E-state index contributed by atoms with van der Waals surface area (Å²) in [7, 11) is 1.54. The van der Waals surface area contributed by atoms with Gasteiger partial charge in [-0.3, -0.25) is 4.79 Å². The largest absolute Gasteiger partial charge is 0.463 e. The highest BCUT2D eigenvalue weighted by atomic mass is 16.8. The van der Waals surface area contributed by atoms with Crippen molar-refractivity contribution in [2.24, 2.45) is 0 Å². The Morgan fingerprint density at radius 1 is 0.702 bits per heavy atom. The molecule has 2 saturated heterocycles. The molecule has 276 valence electrons. The van der Waals surface area contributed by atoms with E-state index in [9.17, 15) is 40.2 Å². The third-order valence-electron chi connectivity index (χ3n) is 8.04. The van der Waals surface area contributed by atoms with Gasteiger partial charge in [0.1, 0.15) is 69.2 Å². The fourth-order valence-corrected chi connectivity index (χ4v) is 5.17. The van der Waals surface area contributed by atoms with Gasteiger partial charge in [0.25, 0.3) is 0 Å². The van der Waals surface area contributed by atoms with Crippen LogP contribution < -0.4 is 0 Å². The van der Waals surface area contributed by atoms with Crippen LogP contribution in [0, 0.1) is 0 Å². The first-order chi connectivity index (χ1) is 22.6. The lowest BCUT2D eigenvalue weighted by Gasteiger charge is -2.43. The van der Waals surface area contributed by atoms with Gasteiger partial charge in [0.15, 0.2) is 6.29 Å². The summed E-state index contributed by atoms with van der Waals surface area (Å²) < 4.78 is 42.2. The third kappa shape index (κ3) is 14.1. The molecule has 2 fully saturated rings. The molecule has 47 heavy (non-hydrogen) atoms. The molecule has 0 spiro atoms. The van der Waals surface area contributed by atoms with Crippen LogP contribution in [-0.2, 0) is 47.5 Å². The predicted octanol–water partition coefficient (Wildman–Crippen LogP) is -0.693. The second-order valence-corrected chi connectivity index (χ2v) is 11.8. The zero-order chi connectivity index (χ0) is 34.7. The number of hydrogen-bond donors (Lipinski definition) is 6. The Morgan fingerprint density at radius 2 is 1.30 bits per heavy atom. The lowest BCUT2D eigenvalue weighted by atomic mass is 9.99. The van der Waals surface area contributed by atoms with Gasteiger partial charge in [-0.2, -0.15) is 0 Å². The molecule has 2 aliphatic heterocycles. The summed E-state index contributed by atoms with van der Waals surface area (Å²) in [5.41, 5.74) is 0. The highest BCUT2D eigenvalue weighted by Crippen LogP contribution is 2.36. The monoisotopic (exact) mass is 684 g/mol. The molecule has 0 bridgehead atoms. The van der Waals surface area contributed by atoms with Gasteiger partial charge in [-0.1, -0.05) is 58.3 Å². The zero-order valence-electron chi connectivity index (χ0n) is 27.6. The van der Waals surface area contributed by atoms with Crippen LogP contribution in [0.1, 0.15) is 71.1 Å². The number of methoxy groups -OCH3 is 1. The van der Waals surface area contributed by atoms with Gasteiger partial charge < -0.3 is 68.5 Å². The molecular weight excluding hydrogens is 628 g/mol. The third-order valence-corrected chi connectivity index (χ3v) is 8.04. The van der Waals surface area contributed by atoms with E-state index in [0.717, 1.165) is 19.3 Å². The molecule has 0 aromatic rings. The molecule has 6 N–H and O–H groups in total. The Morgan fingerprint density at radius 3 is 1.96 bits per heavy atom. The van der Waals surface area contributed by atoms with Crippen molar-refractivity contribution in [2.45, 2.75) is 126 Å². The lowest BCUT2D eigenvalue weighted by Crippen LogP contribution is -2.62. The number of unbranched alkanes of at least 4 members (excludes halogenated alkanes) is 8. The minimum absolute atomic E-state index is 0.110. The smallest absolute Gasteiger partial charge is 0.332 e. The van der Waals surface area contributed by atoms with E-state index in [2.05, 4.69) is 6.92 Å². The van der Waals surface area contributed by atoms with Crippen LogP contribution in [0.5, 0.6) is 0 Å². The van der Waals surface area contributed by atoms with Crippen molar-refractivity contribution in [3.8, 4) is 0 Å². The van der Waals surface area contributed by atoms with Crippen LogP contribution in [0.25, 0.3) is 0 Å². The highest BCUT2D eigenvalue weighted by Gasteiger charge is 2.58. The number of aliphatic hydroxyl groups is 6. The second kappa shape index (κ2) is 23.0. The minimum atomic E-state index is -2.36. The Balaban J connectivity index is 1.81. The zero-order valence-corrected chi connectivity index (χ0v) is 27.6. The molecule has 0 radical (unpaired) electrons. The molecule has 16 nitrogen and oxygen atoms in total. The molecule has 2 rings (SSSR count). The average molecular weight is 685 g/mol. The minimum Gasteiger partial charge on any atom is -0.463 e. The predicted molar refractivity (Wildman–Crippen MR) is 162 cm³/mol. The van der Waals surface area contributed by atoms with Crippen molar-refractivity contribution in [2.75, 3.05) is 60.0 Å². The van der Waals surface area contributed by atoms with Crippen LogP contribution >= 0.6 is 0 Å². The summed E-state index contributed by atoms with van der Waals surface area (Å²) in [5.74, 6) is -3.68. The summed E-state index contributed by atoms with van der Waals surface area (Å²) >= 11 is 0. The molecule has 2 aliphatic rings. The maximum absolute atomic E-state index is 12.3. The van der Waals surface area contributed by atoms with Crippen LogP contribution in [0.2, 0.25) is 0 Å². The molecule has 0 amide bonds. The van der Waals surface area contributed by atoms with Gasteiger partial charge in [0.05, 0.1) is 26.4 Å². The summed E-state index contributed by atoms with van der Waals surface area (Å²) in [6.07, 6.45) is -3.60. The SMILES string of the molecule is CCCCCCCCCCCC(=O)OC[C@H]1O[C@@](CO)(O[C@H]2O[C@H](COC(=O)COCCOCCOC)[C@@H](O)[C@H](O)[C@H]2O)[C@@H](O)[C@@H]1O. The van der Waals surface area contributed by atoms with Crippen molar-refractivity contribution in [3.63, 3.8) is 0 Å². The van der Waals surface area contributed by atoms with E-state index in [-0.39, 0.29) is 19.6 Å². The molecule has 9 atom stereocenters. The first kappa shape index (κ1) is 41.6. The highest BCUT2D eigenvalue weighted by molar-refractivity contribution is 5.70. The fourth-order valence-electron chi connectivity index (χ4n) is 5.17. The molecule has 0 unspecified atom stereocenters. The van der Waals surface area contributed by atoms with Crippen molar-refractivity contribution in [3.05, 3.63) is 0 Å². The quantitative estimate of drug-likeness (QED) is 0.0516. The Bertz CT molecular complexity index is 863. The molecule has 0 aromatic heterocycles. The van der Waals surface area contributed by atoms with E-state index in [1.807, 2.05) is 0 Å². The van der Waals surface area contributed by atoms with Gasteiger partial charge in [-0.15, -0.1) is 0 Å². The summed E-state index contributed by atoms with van der Waals surface area (Å²) in [6.45, 7) is 0.798. The van der Waals surface area contributed by atoms with Gasteiger partial charge in [-0.25, -0.2) is 4.79 Å². The van der Waals surface area contributed by atoms with Gasteiger partial charge in [0.2, 0.25) is 5.79 Å². The van der Waals surface area contributed by atoms with Crippen molar-refractivity contribution in [1.82, 2.24) is 0 Å². The number of hydrogen-bond acceptors (Lipinski definition) is 16.